The van der Waals surface area contributed by atoms with Crippen molar-refractivity contribution in [1.29, 1.82) is 0 Å². The summed E-state index contributed by atoms with van der Waals surface area (Å²) in [4.78, 5) is 22.8. The fourth-order valence-corrected chi connectivity index (χ4v) is 6.23. The Morgan fingerprint density at radius 2 is 1.92 bits per heavy atom. The van der Waals surface area contributed by atoms with Gasteiger partial charge in [-0.25, -0.2) is 4.98 Å². The minimum absolute atomic E-state index is 0.150. The molecule has 0 unspecified atom stereocenters. The number of hydrogen-bond donors (Lipinski definition) is 0. The average molecular weight is 370 g/mol. The van der Waals surface area contributed by atoms with Gasteiger partial charge >= 0.3 is 0 Å². The lowest BCUT2D eigenvalue weighted by atomic mass is 9.99. The van der Waals surface area contributed by atoms with Crippen molar-refractivity contribution < 1.29 is 4.79 Å². The Kier molecular flexibility index (Phi) is 4.15. The van der Waals surface area contributed by atoms with E-state index >= 15 is 0 Å². The monoisotopic (exact) mass is 369 g/mol. The van der Waals surface area contributed by atoms with Crippen molar-refractivity contribution in [2.45, 2.75) is 70.3 Å². The molecular formula is C21H27N3OS. The molecular weight excluding hydrogens is 342 g/mol. The van der Waals surface area contributed by atoms with Crippen molar-refractivity contribution in [3.63, 3.8) is 0 Å². The third kappa shape index (κ3) is 2.63. The summed E-state index contributed by atoms with van der Waals surface area (Å²) in [5.41, 5.74) is 4.10. The van der Waals surface area contributed by atoms with Gasteiger partial charge in [0.2, 0.25) is 0 Å². The van der Waals surface area contributed by atoms with Gasteiger partial charge in [-0.1, -0.05) is 0 Å². The molecule has 4 nitrogen and oxygen atoms in total. The Hall–Kier alpha value is -1.62. The highest BCUT2D eigenvalue weighted by atomic mass is 32.1. The maximum atomic E-state index is 13.3. The molecule has 3 heterocycles. The summed E-state index contributed by atoms with van der Waals surface area (Å²) >= 11 is 1.74. The van der Waals surface area contributed by atoms with Crippen LogP contribution in [0.15, 0.2) is 6.07 Å². The van der Waals surface area contributed by atoms with E-state index in [4.69, 9.17) is 4.98 Å². The molecule has 0 N–H and O–H groups in total. The van der Waals surface area contributed by atoms with Crippen LogP contribution in [0.4, 0.5) is 0 Å². The molecule has 2 aromatic heterocycles. The van der Waals surface area contributed by atoms with Gasteiger partial charge in [-0.2, -0.15) is 0 Å². The van der Waals surface area contributed by atoms with Crippen LogP contribution in [0.1, 0.15) is 81.9 Å². The van der Waals surface area contributed by atoms with Crippen LogP contribution in [0.3, 0.4) is 0 Å². The van der Waals surface area contributed by atoms with Crippen molar-refractivity contribution in [2.75, 3.05) is 6.54 Å². The predicted octanol–water partition coefficient (Wildman–Crippen LogP) is 4.22. The first-order valence-electron chi connectivity index (χ1n) is 10.2. The molecule has 3 aliphatic rings. The highest BCUT2D eigenvalue weighted by molar-refractivity contribution is 7.14. The minimum Gasteiger partial charge on any atom is -0.333 e. The molecule has 26 heavy (non-hydrogen) atoms. The second-order valence-corrected chi connectivity index (χ2v) is 9.19. The van der Waals surface area contributed by atoms with Crippen LogP contribution in [0.25, 0.3) is 0 Å². The molecule has 1 amide bonds. The molecule has 2 aromatic rings. The Morgan fingerprint density at radius 3 is 2.77 bits per heavy atom. The van der Waals surface area contributed by atoms with Crippen molar-refractivity contribution in [2.24, 2.45) is 7.05 Å². The zero-order valence-corrected chi connectivity index (χ0v) is 16.4. The van der Waals surface area contributed by atoms with E-state index < -0.39 is 0 Å². The topological polar surface area (TPSA) is 38.1 Å². The van der Waals surface area contributed by atoms with Gasteiger partial charge in [-0.15, -0.1) is 11.3 Å². The number of carbonyl (C=O) groups excluding carboxylic acids is 1. The molecule has 0 radical (unpaired) electrons. The fourth-order valence-electron chi connectivity index (χ4n) is 5.02. The first-order chi connectivity index (χ1) is 12.7. The van der Waals surface area contributed by atoms with E-state index in [1.165, 1.54) is 47.5 Å². The van der Waals surface area contributed by atoms with Gasteiger partial charge < -0.3 is 9.47 Å². The Bertz CT molecular complexity index is 826. The number of thiophene rings is 1. The molecule has 1 fully saturated rings. The Morgan fingerprint density at radius 1 is 1.12 bits per heavy atom. The molecule has 1 saturated heterocycles. The molecule has 0 spiro atoms. The number of likely N-dealkylation sites (tertiary alicyclic amines) is 1. The molecule has 2 aliphatic carbocycles. The second kappa shape index (κ2) is 6.52. The summed E-state index contributed by atoms with van der Waals surface area (Å²) < 4.78 is 2.30. The minimum atomic E-state index is 0.150. The van der Waals surface area contributed by atoms with E-state index in [1.807, 2.05) is 0 Å². The summed E-state index contributed by atoms with van der Waals surface area (Å²) in [7, 11) is 2.15. The quantitative estimate of drug-likeness (QED) is 0.795. The third-order valence-corrected chi connectivity index (χ3v) is 7.65. The fraction of sp³-hybridized carbons (Fsp3) is 0.619. The zero-order chi connectivity index (χ0) is 17.7. The van der Waals surface area contributed by atoms with Crippen LogP contribution < -0.4 is 0 Å². The summed E-state index contributed by atoms with van der Waals surface area (Å²) in [6.07, 6.45) is 11.7. The van der Waals surface area contributed by atoms with Crippen LogP contribution in [0.5, 0.6) is 0 Å². The van der Waals surface area contributed by atoms with E-state index in [9.17, 15) is 4.79 Å². The number of aryl methyl sites for hydroxylation is 3. The standard InChI is InChI=1S/C21H27N3OS/c1-23-16-9-4-3-8-15(16)22-20(23)17-10-6-12-24(17)21(25)19-13-14-7-2-5-11-18(14)26-19/h13,17H,2-12H2,1H3/t17-/m1/s1. The molecule has 5 heteroatoms. The number of fused-ring (bicyclic) bond motifs is 2. The normalized spacial score (nSPS) is 22.3. The summed E-state index contributed by atoms with van der Waals surface area (Å²) in [5.74, 6) is 1.34. The van der Waals surface area contributed by atoms with Gasteiger partial charge in [-0.3, -0.25) is 4.79 Å². The molecule has 0 saturated carbocycles. The van der Waals surface area contributed by atoms with Crippen molar-refractivity contribution in [3.8, 4) is 0 Å². The van der Waals surface area contributed by atoms with Gasteiger partial charge in [0.15, 0.2) is 0 Å². The number of carbonyl (C=O) groups is 1. The van der Waals surface area contributed by atoms with Crippen LogP contribution in [0.2, 0.25) is 0 Å². The number of amides is 1. The van der Waals surface area contributed by atoms with Crippen molar-refractivity contribution in [1.82, 2.24) is 14.5 Å². The first-order valence-corrected chi connectivity index (χ1v) is 11.0. The number of imidazole rings is 1. The van der Waals surface area contributed by atoms with Crippen LogP contribution in [0, 0.1) is 0 Å². The molecule has 138 valence electrons. The lowest BCUT2D eigenvalue weighted by molar-refractivity contribution is 0.0733. The van der Waals surface area contributed by atoms with Crippen LogP contribution in [-0.4, -0.2) is 26.9 Å². The van der Waals surface area contributed by atoms with Gasteiger partial charge in [0.25, 0.3) is 5.91 Å². The number of hydrogen-bond acceptors (Lipinski definition) is 3. The van der Waals surface area contributed by atoms with Gasteiger partial charge in [0.1, 0.15) is 5.82 Å². The first kappa shape index (κ1) is 16.5. The maximum absolute atomic E-state index is 13.3. The molecule has 0 bridgehead atoms. The highest BCUT2D eigenvalue weighted by Crippen LogP contribution is 2.37. The zero-order valence-electron chi connectivity index (χ0n) is 15.6. The molecule has 1 atom stereocenters. The summed E-state index contributed by atoms with van der Waals surface area (Å²) in [5, 5.41) is 0. The number of aromatic nitrogens is 2. The number of nitrogens with zero attached hydrogens (tertiary/aromatic N) is 3. The molecule has 1 aliphatic heterocycles. The smallest absolute Gasteiger partial charge is 0.264 e. The van der Waals surface area contributed by atoms with E-state index in [-0.39, 0.29) is 11.9 Å². The number of rotatable bonds is 2. The Labute approximate surface area is 159 Å². The van der Waals surface area contributed by atoms with E-state index in [0.717, 1.165) is 55.8 Å². The lowest BCUT2D eigenvalue weighted by Crippen LogP contribution is -2.31. The maximum Gasteiger partial charge on any atom is 0.264 e. The lowest BCUT2D eigenvalue weighted by Gasteiger charge is -2.24. The van der Waals surface area contributed by atoms with Crippen molar-refractivity contribution >= 4 is 17.2 Å². The summed E-state index contributed by atoms with van der Waals surface area (Å²) in [6, 6.07) is 2.33. The SMILES string of the molecule is Cn1c([C@H]2CCCN2C(=O)c2cc3c(s2)CCCC3)nc2c1CCCC2. The largest absolute Gasteiger partial charge is 0.333 e. The Balaban J connectivity index is 1.45. The molecule has 0 aromatic carbocycles. The van der Waals surface area contributed by atoms with Crippen LogP contribution in [-0.2, 0) is 32.7 Å². The van der Waals surface area contributed by atoms with E-state index in [1.54, 1.807) is 11.3 Å². The molecule has 5 rings (SSSR count). The van der Waals surface area contributed by atoms with Crippen molar-refractivity contribution in [3.05, 3.63) is 38.6 Å². The predicted molar refractivity (Wildman–Crippen MR) is 104 cm³/mol. The summed E-state index contributed by atoms with van der Waals surface area (Å²) in [6.45, 7) is 0.865. The van der Waals surface area contributed by atoms with Crippen LogP contribution >= 0.6 is 11.3 Å². The van der Waals surface area contributed by atoms with E-state index in [2.05, 4.69) is 22.6 Å². The van der Waals surface area contributed by atoms with Gasteiger partial charge in [-0.05, 0) is 75.8 Å². The average Bonchev–Trinajstić information content (AvgIpc) is 3.38. The highest BCUT2D eigenvalue weighted by Gasteiger charge is 2.35. The van der Waals surface area contributed by atoms with Gasteiger partial charge in [0.05, 0.1) is 16.6 Å². The third-order valence-electron chi connectivity index (χ3n) is 6.43. The second-order valence-electron chi connectivity index (χ2n) is 8.05. The van der Waals surface area contributed by atoms with E-state index in [0.29, 0.717) is 0 Å². The van der Waals surface area contributed by atoms with Gasteiger partial charge in [0, 0.05) is 24.2 Å².